The molecule has 0 aliphatic rings. The molecule has 0 bridgehead atoms. The van der Waals surface area contributed by atoms with Crippen LogP contribution in [0.15, 0.2) is 24.3 Å². The maximum Gasteiger partial charge on any atom is 0.321 e. The van der Waals surface area contributed by atoms with E-state index in [4.69, 9.17) is 11.6 Å². The van der Waals surface area contributed by atoms with Gasteiger partial charge in [-0.2, -0.15) is 0 Å². The van der Waals surface area contributed by atoms with Crippen molar-refractivity contribution in [2.75, 3.05) is 18.4 Å². The monoisotopic (exact) mass is 298 g/mol. The van der Waals surface area contributed by atoms with Crippen molar-refractivity contribution in [1.29, 1.82) is 0 Å². The molecule has 0 spiro atoms. The topological polar surface area (TPSA) is 69.6 Å². The van der Waals surface area contributed by atoms with Gasteiger partial charge in [-0.3, -0.25) is 14.5 Å². The molecule has 1 unspecified atom stereocenters. The van der Waals surface area contributed by atoms with Gasteiger partial charge in [-0.05, 0) is 37.4 Å². The first kappa shape index (κ1) is 16.5. The van der Waals surface area contributed by atoms with Crippen LogP contribution in [0.3, 0.4) is 0 Å². The molecule has 5 nitrogen and oxygen atoms in total. The average molecular weight is 299 g/mol. The zero-order valence-electron chi connectivity index (χ0n) is 11.6. The molecule has 0 saturated carbocycles. The van der Waals surface area contributed by atoms with E-state index in [1.807, 2.05) is 13.8 Å². The van der Waals surface area contributed by atoms with Gasteiger partial charge < -0.3 is 10.4 Å². The number of halogens is 1. The zero-order chi connectivity index (χ0) is 15.1. The van der Waals surface area contributed by atoms with Crippen molar-refractivity contribution in [1.82, 2.24) is 4.90 Å². The molecule has 6 heteroatoms. The number of rotatable bonds is 7. The molecular formula is C14H19ClN2O3. The van der Waals surface area contributed by atoms with E-state index in [1.165, 1.54) is 0 Å². The van der Waals surface area contributed by atoms with Gasteiger partial charge in [0, 0.05) is 10.7 Å². The molecule has 0 aliphatic heterocycles. The van der Waals surface area contributed by atoms with E-state index in [0.717, 1.165) is 0 Å². The first-order valence-electron chi connectivity index (χ1n) is 6.50. The first-order valence-corrected chi connectivity index (χ1v) is 6.88. The van der Waals surface area contributed by atoms with Gasteiger partial charge in [0.15, 0.2) is 0 Å². The summed E-state index contributed by atoms with van der Waals surface area (Å²) in [5.41, 5.74) is 0.600. The highest BCUT2D eigenvalue weighted by molar-refractivity contribution is 6.30. The Morgan fingerprint density at radius 2 is 1.80 bits per heavy atom. The molecule has 1 amide bonds. The normalized spacial score (nSPS) is 12.2. The number of hydrogen-bond acceptors (Lipinski definition) is 3. The molecule has 1 rings (SSSR count). The van der Waals surface area contributed by atoms with Crippen LogP contribution in [0.5, 0.6) is 0 Å². The lowest BCUT2D eigenvalue weighted by molar-refractivity contribution is -0.145. The predicted octanol–water partition coefficient (Wildman–Crippen LogP) is 2.46. The van der Waals surface area contributed by atoms with Crippen LogP contribution in [0.4, 0.5) is 5.69 Å². The summed E-state index contributed by atoms with van der Waals surface area (Å²) in [4.78, 5) is 24.9. The Hall–Kier alpha value is -1.59. The highest BCUT2D eigenvalue weighted by Gasteiger charge is 2.26. The molecular weight excluding hydrogens is 280 g/mol. The Morgan fingerprint density at radius 3 is 2.25 bits per heavy atom. The van der Waals surface area contributed by atoms with Gasteiger partial charge in [0.2, 0.25) is 5.91 Å². The van der Waals surface area contributed by atoms with Crippen LogP contribution in [-0.2, 0) is 9.59 Å². The van der Waals surface area contributed by atoms with Crippen molar-refractivity contribution in [3.05, 3.63) is 29.3 Å². The second kappa shape index (κ2) is 7.87. The van der Waals surface area contributed by atoms with Crippen LogP contribution < -0.4 is 5.32 Å². The summed E-state index contributed by atoms with van der Waals surface area (Å²) < 4.78 is 0. The molecule has 1 aromatic carbocycles. The van der Waals surface area contributed by atoms with Gasteiger partial charge >= 0.3 is 5.97 Å². The van der Waals surface area contributed by atoms with E-state index in [-0.39, 0.29) is 12.3 Å². The number of anilines is 1. The number of carboxylic acid groups (broad SMARTS) is 1. The number of aliphatic carboxylic acids is 1. The molecule has 0 heterocycles. The quantitative estimate of drug-likeness (QED) is 0.811. The standard InChI is InChI=1S/C14H19ClN2O3/c1-3-17(4-2)12(14(19)20)9-13(18)16-11-7-5-10(15)6-8-11/h5-8,12H,3-4,9H2,1-2H3,(H,16,18)(H,19,20). The molecule has 0 radical (unpaired) electrons. The lowest BCUT2D eigenvalue weighted by Gasteiger charge is -2.25. The van der Waals surface area contributed by atoms with Crippen molar-refractivity contribution in [3.63, 3.8) is 0 Å². The number of carbonyl (C=O) groups is 2. The maximum atomic E-state index is 11.9. The zero-order valence-corrected chi connectivity index (χ0v) is 12.4. The van der Waals surface area contributed by atoms with Crippen molar-refractivity contribution in [2.45, 2.75) is 26.3 Å². The number of hydrogen-bond donors (Lipinski definition) is 2. The smallest absolute Gasteiger partial charge is 0.321 e. The molecule has 0 aromatic heterocycles. The minimum absolute atomic E-state index is 0.0837. The van der Waals surface area contributed by atoms with Gasteiger partial charge in [-0.1, -0.05) is 25.4 Å². The summed E-state index contributed by atoms with van der Waals surface area (Å²) in [7, 11) is 0. The molecule has 0 aliphatic carbocycles. The SMILES string of the molecule is CCN(CC)C(CC(=O)Nc1ccc(Cl)cc1)C(=O)O. The van der Waals surface area contributed by atoms with Gasteiger partial charge in [0.05, 0.1) is 6.42 Å². The largest absolute Gasteiger partial charge is 0.480 e. The van der Waals surface area contributed by atoms with E-state index in [9.17, 15) is 14.7 Å². The van der Waals surface area contributed by atoms with Crippen molar-refractivity contribution < 1.29 is 14.7 Å². The van der Waals surface area contributed by atoms with Crippen molar-refractivity contribution in [2.24, 2.45) is 0 Å². The van der Waals surface area contributed by atoms with Crippen LogP contribution in [0.2, 0.25) is 5.02 Å². The summed E-state index contributed by atoms with van der Waals surface area (Å²) in [6.45, 7) is 4.91. The molecule has 20 heavy (non-hydrogen) atoms. The number of nitrogens with one attached hydrogen (secondary N) is 1. The Labute approximate surface area is 123 Å². The lowest BCUT2D eigenvalue weighted by Crippen LogP contribution is -2.43. The highest BCUT2D eigenvalue weighted by Crippen LogP contribution is 2.14. The van der Waals surface area contributed by atoms with Gasteiger partial charge in [0.1, 0.15) is 6.04 Å². The van der Waals surface area contributed by atoms with Crippen LogP contribution in [0.25, 0.3) is 0 Å². The minimum atomic E-state index is -0.986. The lowest BCUT2D eigenvalue weighted by atomic mass is 10.1. The summed E-state index contributed by atoms with van der Waals surface area (Å²) in [5, 5.41) is 12.5. The van der Waals surface area contributed by atoms with E-state index in [2.05, 4.69) is 5.32 Å². The second-order valence-corrected chi connectivity index (χ2v) is 4.77. The molecule has 0 fully saturated rings. The third-order valence-corrected chi connectivity index (χ3v) is 3.30. The van der Waals surface area contributed by atoms with Gasteiger partial charge in [-0.25, -0.2) is 0 Å². The van der Waals surface area contributed by atoms with E-state index < -0.39 is 12.0 Å². The second-order valence-electron chi connectivity index (χ2n) is 4.33. The van der Waals surface area contributed by atoms with Crippen molar-refractivity contribution >= 4 is 29.2 Å². The molecule has 110 valence electrons. The summed E-state index contributed by atoms with van der Waals surface area (Å²) in [6, 6.07) is 5.87. The van der Waals surface area contributed by atoms with E-state index in [1.54, 1.807) is 29.2 Å². The van der Waals surface area contributed by atoms with Crippen LogP contribution in [0.1, 0.15) is 20.3 Å². The number of likely N-dealkylation sites (N-methyl/N-ethyl adjacent to an activating group) is 1. The number of carbonyl (C=O) groups excluding carboxylic acids is 1. The number of nitrogens with zero attached hydrogens (tertiary/aromatic N) is 1. The summed E-state index contributed by atoms with van der Waals surface area (Å²) >= 11 is 5.76. The van der Waals surface area contributed by atoms with Crippen LogP contribution >= 0.6 is 11.6 Å². The van der Waals surface area contributed by atoms with E-state index >= 15 is 0 Å². The number of amides is 1. The summed E-state index contributed by atoms with van der Waals surface area (Å²) in [6.07, 6.45) is -0.0837. The maximum absolute atomic E-state index is 11.9. The third-order valence-electron chi connectivity index (χ3n) is 3.04. The molecule has 1 aromatic rings. The van der Waals surface area contributed by atoms with Gasteiger partial charge in [0.25, 0.3) is 0 Å². The Balaban J connectivity index is 2.66. The minimum Gasteiger partial charge on any atom is -0.480 e. The highest BCUT2D eigenvalue weighted by atomic mass is 35.5. The fraction of sp³-hybridized carbons (Fsp3) is 0.429. The van der Waals surface area contributed by atoms with E-state index in [0.29, 0.717) is 23.8 Å². The molecule has 2 N–H and O–H groups in total. The van der Waals surface area contributed by atoms with Gasteiger partial charge in [-0.15, -0.1) is 0 Å². The third kappa shape index (κ3) is 4.83. The average Bonchev–Trinajstić information content (AvgIpc) is 2.41. The number of benzene rings is 1. The number of carboxylic acids is 1. The Kier molecular flexibility index (Phi) is 6.48. The van der Waals surface area contributed by atoms with Crippen LogP contribution in [-0.4, -0.2) is 41.0 Å². The van der Waals surface area contributed by atoms with Crippen LogP contribution in [0, 0.1) is 0 Å². The predicted molar refractivity (Wildman–Crippen MR) is 79.0 cm³/mol. The summed E-state index contributed by atoms with van der Waals surface area (Å²) in [5.74, 6) is -1.31. The fourth-order valence-electron chi connectivity index (χ4n) is 1.96. The van der Waals surface area contributed by atoms with Crippen molar-refractivity contribution in [3.8, 4) is 0 Å². The molecule has 1 atom stereocenters. The molecule has 0 saturated heterocycles. The fourth-order valence-corrected chi connectivity index (χ4v) is 2.08. The Bertz CT molecular complexity index is 458. The Morgan fingerprint density at radius 1 is 1.25 bits per heavy atom. The first-order chi connectivity index (χ1) is 9.47.